The molecule has 33 heavy (non-hydrogen) atoms. The number of hydrogen-bond acceptors (Lipinski definition) is 6. The molecule has 1 saturated heterocycles. The van der Waals surface area contributed by atoms with Gasteiger partial charge < -0.3 is 19.9 Å². The van der Waals surface area contributed by atoms with Gasteiger partial charge in [0.1, 0.15) is 23.2 Å². The van der Waals surface area contributed by atoms with Crippen LogP contribution < -0.4 is 15.0 Å². The molecule has 7 nitrogen and oxygen atoms in total. The number of piperazine rings is 1. The van der Waals surface area contributed by atoms with E-state index >= 15 is 0 Å². The van der Waals surface area contributed by atoms with E-state index in [-0.39, 0.29) is 5.69 Å². The number of halogens is 2. The Morgan fingerprint density at radius 3 is 2.58 bits per heavy atom. The number of nitrogens with zero attached hydrogens (tertiary/aromatic N) is 4. The summed E-state index contributed by atoms with van der Waals surface area (Å²) in [7, 11) is 3.78. The summed E-state index contributed by atoms with van der Waals surface area (Å²) in [5.74, 6) is -0.186. The molecule has 0 spiro atoms. The lowest BCUT2D eigenvalue weighted by molar-refractivity contribution is 0.313. The third kappa shape index (κ3) is 4.19. The van der Waals surface area contributed by atoms with E-state index in [9.17, 15) is 8.78 Å². The highest BCUT2D eigenvalue weighted by Gasteiger charge is 2.19. The lowest BCUT2D eigenvalue weighted by Gasteiger charge is -2.34. The maximum absolute atomic E-state index is 14.0. The number of aromatic nitrogens is 3. The summed E-state index contributed by atoms with van der Waals surface area (Å²) in [4.78, 5) is 9.16. The van der Waals surface area contributed by atoms with Crippen LogP contribution in [-0.2, 0) is 0 Å². The van der Waals surface area contributed by atoms with Crippen LogP contribution in [0.1, 0.15) is 0 Å². The van der Waals surface area contributed by atoms with Crippen molar-refractivity contribution in [1.29, 1.82) is 0 Å². The molecule has 0 atom stereocenters. The van der Waals surface area contributed by atoms with Crippen molar-refractivity contribution in [3.05, 3.63) is 60.2 Å². The van der Waals surface area contributed by atoms with Crippen LogP contribution in [-0.4, -0.2) is 60.4 Å². The predicted octanol–water partition coefficient (Wildman–Crippen LogP) is 4.41. The molecule has 0 aliphatic carbocycles. The topological polar surface area (TPSA) is 69.3 Å². The fraction of sp³-hybridized carbons (Fsp3) is 0.250. The number of ether oxygens (including phenoxy) is 1. The minimum atomic E-state index is -0.690. The second kappa shape index (κ2) is 8.67. The molecule has 2 aromatic carbocycles. The first-order chi connectivity index (χ1) is 16.0. The predicted molar refractivity (Wildman–Crippen MR) is 125 cm³/mol. The zero-order valence-electron chi connectivity index (χ0n) is 18.4. The Morgan fingerprint density at radius 1 is 1.00 bits per heavy atom. The second-order valence-electron chi connectivity index (χ2n) is 8.09. The number of pyridine rings is 1. The minimum absolute atomic E-state index is 0.139. The lowest BCUT2D eigenvalue weighted by atomic mass is 10.1. The number of benzene rings is 2. The van der Waals surface area contributed by atoms with Crippen molar-refractivity contribution in [1.82, 2.24) is 20.1 Å². The Balaban J connectivity index is 1.48. The number of hydrogen-bond donors (Lipinski definition) is 2. The number of rotatable bonds is 5. The Kier molecular flexibility index (Phi) is 5.55. The van der Waals surface area contributed by atoms with Crippen molar-refractivity contribution in [2.75, 3.05) is 50.6 Å². The highest BCUT2D eigenvalue weighted by Crippen LogP contribution is 2.36. The molecule has 3 heterocycles. The van der Waals surface area contributed by atoms with Gasteiger partial charge in [-0.2, -0.15) is 5.10 Å². The number of H-pyrrole nitrogens is 1. The molecular formula is C24H24F2N6O. The van der Waals surface area contributed by atoms with Crippen LogP contribution >= 0.6 is 0 Å². The minimum Gasteiger partial charge on any atom is -0.496 e. The number of anilines is 3. The van der Waals surface area contributed by atoms with Gasteiger partial charge in [-0.3, -0.25) is 5.10 Å². The molecule has 1 aliphatic rings. The van der Waals surface area contributed by atoms with E-state index in [1.54, 1.807) is 13.2 Å². The molecule has 0 saturated carbocycles. The number of aromatic amines is 1. The normalized spacial score (nSPS) is 14.6. The highest BCUT2D eigenvalue weighted by molar-refractivity contribution is 5.94. The first kappa shape index (κ1) is 21.1. The second-order valence-corrected chi connectivity index (χ2v) is 8.09. The number of nitrogens with one attached hydrogen (secondary N) is 2. The number of methoxy groups -OCH3 is 1. The Labute approximate surface area is 190 Å². The van der Waals surface area contributed by atoms with Crippen LogP contribution in [0.4, 0.5) is 26.0 Å². The van der Waals surface area contributed by atoms with E-state index in [0.29, 0.717) is 11.5 Å². The molecule has 0 unspecified atom stereocenters. The smallest absolute Gasteiger partial charge is 0.183 e. The van der Waals surface area contributed by atoms with Crippen LogP contribution in [0.25, 0.3) is 22.3 Å². The van der Waals surface area contributed by atoms with E-state index in [0.717, 1.165) is 60.3 Å². The van der Waals surface area contributed by atoms with E-state index in [1.165, 1.54) is 12.1 Å². The van der Waals surface area contributed by atoms with Gasteiger partial charge in [-0.05, 0) is 49.5 Å². The summed E-state index contributed by atoms with van der Waals surface area (Å²) in [6.07, 6.45) is 0. The van der Waals surface area contributed by atoms with Gasteiger partial charge in [-0.25, -0.2) is 13.8 Å². The Bertz CT molecular complexity index is 1300. The average molecular weight is 450 g/mol. The van der Waals surface area contributed by atoms with Crippen molar-refractivity contribution in [2.24, 2.45) is 0 Å². The summed E-state index contributed by atoms with van der Waals surface area (Å²) < 4.78 is 32.8. The van der Waals surface area contributed by atoms with E-state index < -0.39 is 11.6 Å². The number of fused-ring (bicyclic) bond motifs is 1. The Hall–Kier alpha value is -3.72. The first-order valence-electron chi connectivity index (χ1n) is 10.7. The first-order valence-corrected chi connectivity index (χ1v) is 10.7. The SMILES string of the molecule is COc1ccc(N2CCN(C)CC2)cc1-c1[nH]nc2nc(Nc3ccc(F)cc3F)ccc12. The highest BCUT2D eigenvalue weighted by atomic mass is 19.1. The monoisotopic (exact) mass is 450 g/mol. The molecule has 5 rings (SSSR count). The van der Waals surface area contributed by atoms with Crippen LogP contribution in [0.5, 0.6) is 5.75 Å². The summed E-state index contributed by atoms with van der Waals surface area (Å²) in [6, 6.07) is 13.1. The lowest BCUT2D eigenvalue weighted by Crippen LogP contribution is -2.44. The van der Waals surface area contributed by atoms with Crippen molar-refractivity contribution >= 4 is 28.2 Å². The molecule has 0 amide bonds. The number of likely N-dealkylation sites (N-methyl/N-ethyl adjacent to an activating group) is 1. The fourth-order valence-electron chi connectivity index (χ4n) is 4.05. The summed E-state index contributed by atoms with van der Waals surface area (Å²) >= 11 is 0. The molecule has 1 fully saturated rings. The molecule has 2 aromatic heterocycles. The molecule has 1 aliphatic heterocycles. The van der Waals surface area contributed by atoms with Gasteiger partial charge >= 0.3 is 0 Å². The maximum atomic E-state index is 14.0. The van der Waals surface area contributed by atoms with Gasteiger partial charge in [0.25, 0.3) is 0 Å². The third-order valence-electron chi connectivity index (χ3n) is 5.93. The van der Waals surface area contributed by atoms with Crippen molar-refractivity contribution < 1.29 is 13.5 Å². The van der Waals surface area contributed by atoms with Gasteiger partial charge in [-0.1, -0.05) is 0 Å². The van der Waals surface area contributed by atoms with Crippen molar-refractivity contribution in [2.45, 2.75) is 0 Å². The zero-order chi connectivity index (χ0) is 22.9. The van der Waals surface area contributed by atoms with Gasteiger partial charge in [0.2, 0.25) is 0 Å². The maximum Gasteiger partial charge on any atom is 0.183 e. The molecule has 4 aromatic rings. The van der Waals surface area contributed by atoms with Gasteiger partial charge in [-0.15, -0.1) is 0 Å². The summed E-state index contributed by atoms with van der Waals surface area (Å²) in [6.45, 7) is 3.95. The van der Waals surface area contributed by atoms with Crippen molar-refractivity contribution in [3.8, 4) is 17.0 Å². The van der Waals surface area contributed by atoms with E-state index in [1.807, 2.05) is 12.1 Å². The molecule has 0 bridgehead atoms. The van der Waals surface area contributed by atoms with Gasteiger partial charge in [0.15, 0.2) is 5.65 Å². The molecule has 2 N–H and O–H groups in total. The van der Waals surface area contributed by atoms with Gasteiger partial charge in [0.05, 0.1) is 18.5 Å². The molecule has 0 radical (unpaired) electrons. The van der Waals surface area contributed by atoms with Crippen LogP contribution in [0, 0.1) is 11.6 Å². The summed E-state index contributed by atoms with van der Waals surface area (Å²) in [5, 5.41) is 11.1. The average Bonchev–Trinajstić information content (AvgIpc) is 3.24. The largest absolute Gasteiger partial charge is 0.496 e. The van der Waals surface area contributed by atoms with E-state index in [4.69, 9.17) is 4.74 Å². The molecular weight excluding hydrogens is 426 g/mol. The Morgan fingerprint density at radius 2 is 1.82 bits per heavy atom. The summed E-state index contributed by atoms with van der Waals surface area (Å²) in [5.41, 5.74) is 3.43. The fourth-order valence-corrected chi connectivity index (χ4v) is 4.05. The van der Waals surface area contributed by atoms with Crippen molar-refractivity contribution in [3.63, 3.8) is 0 Å². The van der Waals surface area contributed by atoms with Crippen LogP contribution in [0.3, 0.4) is 0 Å². The molecule has 9 heteroatoms. The quantitative estimate of drug-likeness (QED) is 0.470. The standard InChI is InChI=1S/C24H24F2N6O/c1-31-9-11-32(12-10-31)16-4-7-21(33-2)18(14-16)23-17-5-8-22(28-24(17)30-29-23)27-20-6-3-15(25)13-19(20)26/h3-8,13-14H,9-12H2,1-2H3,(H2,27,28,29,30). The van der Waals surface area contributed by atoms with Crippen LogP contribution in [0.15, 0.2) is 48.5 Å². The van der Waals surface area contributed by atoms with Gasteiger partial charge in [0, 0.05) is 48.9 Å². The van der Waals surface area contributed by atoms with Crippen LogP contribution in [0.2, 0.25) is 0 Å². The zero-order valence-corrected chi connectivity index (χ0v) is 18.4. The molecule has 170 valence electrons. The third-order valence-corrected chi connectivity index (χ3v) is 5.93. The van der Waals surface area contributed by atoms with E-state index in [2.05, 4.69) is 49.5 Å².